The van der Waals surface area contributed by atoms with E-state index in [1.54, 1.807) is 12.1 Å². The maximum Gasteiger partial charge on any atom is 0.183 e. The van der Waals surface area contributed by atoms with E-state index in [9.17, 15) is 4.39 Å². The summed E-state index contributed by atoms with van der Waals surface area (Å²) in [6.07, 6.45) is 0. The molecular weight excluding hydrogens is 353 g/mol. The molecule has 2 aromatic carbocycles. The van der Waals surface area contributed by atoms with Crippen LogP contribution in [0.25, 0.3) is 0 Å². The molecule has 0 aliphatic heterocycles. The fourth-order valence-electron chi connectivity index (χ4n) is 1.37. The van der Waals surface area contributed by atoms with Gasteiger partial charge in [-0.3, -0.25) is 0 Å². The zero-order valence-electron chi connectivity index (χ0n) is 8.79. The number of ether oxygens (including phenoxy) is 1. The fourth-order valence-corrected chi connectivity index (χ4v) is 2.36. The molecule has 0 saturated carbocycles. The minimum atomic E-state index is -0.511. The summed E-state index contributed by atoms with van der Waals surface area (Å²) >= 11 is 7.81. The van der Waals surface area contributed by atoms with Crippen molar-refractivity contribution in [3.05, 3.63) is 62.4 Å². The molecule has 0 fully saturated rings. The van der Waals surface area contributed by atoms with Crippen molar-refractivity contribution in [3.63, 3.8) is 0 Å². The Morgan fingerprint density at radius 3 is 2.59 bits per heavy atom. The summed E-state index contributed by atoms with van der Waals surface area (Å²) in [7, 11) is 0. The van der Waals surface area contributed by atoms with Gasteiger partial charge in [-0.15, -0.1) is 0 Å². The van der Waals surface area contributed by atoms with Gasteiger partial charge >= 0.3 is 0 Å². The monoisotopic (exact) mass is 362 g/mol. The highest BCUT2D eigenvalue weighted by atomic mass is 127. The van der Waals surface area contributed by atoms with Crippen LogP contribution >= 0.6 is 34.2 Å². The van der Waals surface area contributed by atoms with E-state index in [1.165, 1.54) is 0 Å². The number of rotatable bonds is 3. The van der Waals surface area contributed by atoms with E-state index in [0.717, 1.165) is 9.13 Å². The van der Waals surface area contributed by atoms with Crippen molar-refractivity contribution in [1.82, 2.24) is 0 Å². The standard InChI is InChI=1S/C13H9ClFIO/c14-11-6-10(16)7-12(13(11)15)17-8-9-4-2-1-3-5-9/h1-7H,8H2. The van der Waals surface area contributed by atoms with Crippen LogP contribution in [0.15, 0.2) is 42.5 Å². The average Bonchev–Trinajstić information content (AvgIpc) is 2.33. The smallest absolute Gasteiger partial charge is 0.183 e. The van der Waals surface area contributed by atoms with Crippen LogP contribution in [0.4, 0.5) is 4.39 Å². The van der Waals surface area contributed by atoms with E-state index in [1.807, 2.05) is 30.3 Å². The number of benzene rings is 2. The molecule has 0 bridgehead atoms. The largest absolute Gasteiger partial charge is 0.486 e. The fraction of sp³-hybridized carbons (Fsp3) is 0.0769. The molecule has 0 amide bonds. The van der Waals surface area contributed by atoms with Gasteiger partial charge in [-0.1, -0.05) is 41.9 Å². The molecule has 2 rings (SSSR count). The van der Waals surface area contributed by atoms with Gasteiger partial charge in [0, 0.05) is 3.57 Å². The highest BCUT2D eigenvalue weighted by molar-refractivity contribution is 14.1. The molecule has 0 heterocycles. The Kier molecular flexibility index (Phi) is 4.23. The first-order valence-electron chi connectivity index (χ1n) is 4.98. The maximum atomic E-state index is 13.6. The Balaban J connectivity index is 2.14. The minimum Gasteiger partial charge on any atom is -0.486 e. The van der Waals surface area contributed by atoms with Crippen molar-refractivity contribution in [2.75, 3.05) is 0 Å². The van der Waals surface area contributed by atoms with Crippen molar-refractivity contribution >= 4 is 34.2 Å². The lowest BCUT2D eigenvalue weighted by molar-refractivity contribution is 0.290. The number of halogens is 3. The highest BCUT2D eigenvalue weighted by Crippen LogP contribution is 2.28. The van der Waals surface area contributed by atoms with E-state index in [4.69, 9.17) is 16.3 Å². The van der Waals surface area contributed by atoms with Gasteiger partial charge in [-0.05, 0) is 40.3 Å². The summed E-state index contributed by atoms with van der Waals surface area (Å²) < 4.78 is 19.9. The normalized spacial score (nSPS) is 10.3. The molecule has 0 saturated heterocycles. The molecule has 0 radical (unpaired) electrons. The third kappa shape index (κ3) is 3.33. The molecule has 0 atom stereocenters. The summed E-state index contributed by atoms with van der Waals surface area (Å²) in [6, 6.07) is 12.8. The first-order valence-corrected chi connectivity index (χ1v) is 6.44. The molecule has 0 aliphatic carbocycles. The summed E-state index contributed by atoms with van der Waals surface area (Å²) in [6.45, 7) is 0.328. The zero-order chi connectivity index (χ0) is 12.3. The van der Waals surface area contributed by atoms with Gasteiger partial charge in [0.25, 0.3) is 0 Å². The second-order valence-corrected chi connectivity index (χ2v) is 5.13. The molecule has 0 N–H and O–H groups in total. The summed E-state index contributed by atoms with van der Waals surface area (Å²) in [5.74, 6) is -0.325. The summed E-state index contributed by atoms with van der Waals surface area (Å²) in [4.78, 5) is 0. The molecule has 17 heavy (non-hydrogen) atoms. The Hall–Kier alpha value is -0.810. The second-order valence-electron chi connectivity index (χ2n) is 3.47. The molecule has 88 valence electrons. The predicted molar refractivity (Wildman–Crippen MR) is 74.9 cm³/mol. The van der Waals surface area contributed by atoms with E-state index in [2.05, 4.69) is 22.6 Å². The Morgan fingerprint density at radius 1 is 1.18 bits per heavy atom. The van der Waals surface area contributed by atoms with Crippen LogP contribution in [0.2, 0.25) is 5.02 Å². The minimum absolute atomic E-state index is 0.0833. The predicted octanol–water partition coefficient (Wildman–Crippen LogP) is 4.66. The van der Waals surface area contributed by atoms with E-state index >= 15 is 0 Å². The molecule has 0 aromatic heterocycles. The molecule has 1 nitrogen and oxygen atoms in total. The van der Waals surface area contributed by atoms with Gasteiger partial charge < -0.3 is 4.74 Å². The van der Waals surface area contributed by atoms with E-state index in [0.29, 0.717) is 6.61 Å². The van der Waals surface area contributed by atoms with Gasteiger partial charge in [0.15, 0.2) is 11.6 Å². The van der Waals surface area contributed by atoms with E-state index < -0.39 is 5.82 Å². The third-order valence-corrected chi connectivity index (χ3v) is 3.09. The first-order chi connectivity index (χ1) is 8.16. The van der Waals surface area contributed by atoms with Crippen molar-refractivity contribution in [1.29, 1.82) is 0 Å². The number of hydrogen-bond acceptors (Lipinski definition) is 1. The Morgan fingerprint density at radius 2 is 1.88 bits per heavy atom. The Bertz CT molecular complexity index is 516. The Labute approximate surface area is 118 Å². The van der Waals surface area contributed by atoms with Crippen LogP contribution in [-0.2, 0) is 6.61 Å². The maximum absolute atomic E-state index is 13.6. The van der Waals surface area contributed by atoms with Gasteiger partial charge in [0.05, 0.1) is 5.02 Å². The second kappa shape index (κ2) is 5.69. The molecular formula is C13H9ClFIO. The highest BCUT2D eigenvalue weighted by Gasteiger charge is 2.09. The van der Waals surface area contributed by atoms with Gasteiger partial charge in [-0.25, -0.2) is 4.39 Å². The third-order valence-electron chi connectivity index (χ3n) is 2.20. The summed E-state index contributed by atoms with van der Waals surface area (Å²) in [5, 5.41) is 0.0833. The lowest BCUT2D eigenvalue weighted by atomic mass is 10.2. The summed E-state index contributed by atoms with van der Waals surface area (Å²) in [5.41, 5.74) is 0.988. The number of hydrogen-bond donors (Lipinski definition) is 0. The molecule has 0 aliphatic rings. The molecule has 0 spiro atoms. The van der Waals surface area contributed by atoms with Crippen LogP contribution in [0, 0.1) is 9.39 Å². The van der Waals surface area contributed by atoms with Crippen molar-refractivity contribution in [2.45, 2.75) is 6.61 Å². The van der Waals surface area contributed by atoms with E-state index in [-0.39, 0.29) is 10.8 Å². The molecule has 4 heteroatoms. The van der Waals surface area contributed by atoms with Crippen molar-refractivity contribution < 1.29 is 9.13 Å². The van der Waals surface area contributed by atoms with Crippen molar-refractivity contribution in [2.24, 2.45) is 0 Å². The van der Waals surface area contributed by atoms with Crippen LogP contribution in [-0.4, -0.2) is 0 Å². The van der Waals surface area contributed by atoms with Crippen LogP contribution in [0.3, 0.4) is 0 Å². The first kappa shape index (κ1) is 12.6. The van der Waals surface area contributed by atoms with Gasteiger partial charge in [0.2, 0.25) is 0 Å². The van der Waals surface area contributed by atoms with Crippen LogP contribution < -0.4 is 4.74 Å². The average molecular weight is 363 g/mol. The van der Waals surface area contributed by atoms with Crippen LogP contribution in [0.5, 0.6) is 5.75 Å². The van der Waals surface area contributed by atoms with Crippen molar-refractivity contribution in [3.8, 4) is 5.75 Å². The molecule has 0 unspecified atom stereocenters. The van der Waals surface area contributed by atoms with Gasteiger partial charge in [0.1, 0.15) is 6.61 Å². The lowest BCUT2D eigenvalue weighted by Gasteiger charge is -2.08. The SMILES string of the molecule is Fc1c(Cl)cc(I)cc1OCc1ccccc1. The quantitative estimate of drug-likeness (QED) is 0.570. The lowest BCUT2D eigenvalue weighted by Crippen LogP contribution is -1.98. The topological polar surface area (TPSA) is 9.23 Å². The van der Waals surface area contributed by atoms with Gasteiger partial charge in [-0.2, -0.15) is 0 Å². The zero-order valence-corrected chi connectivity index (χ0v) is 11.7. The van der Waals surface area contributed by atoms with Crippen LogP contribution in [0.1, 0.15) is 5.56 Å². The molecule has 2 aromatic rings.